The lowest BCUT2D eigenvalue weighted by Crippen LogP contribution is -1.93. The van der Waals surface area contributed by atoms with Crippen LogP contribution in [0.2, 0.25) is 0 Å². The zero-order valence-corrected chi connectivity index (χ0v) is 13.0. The third-order valence-electron chi connectivity index (χ3n) is 3.39. The van der Waals surface area contributed by atoms with Gasteiger partial charge >= 0.3 is 0 Å². The number of terminal acetylenes is 1. The molecular weight excluding hydrogens is 302 g/mol. The topological polar surface area (TPSA) is 89.7 Å². The van der Waals surface area contributed by atoms with Crippen LogP contribution in [0.15, 0.2) is 54.6 Å². The zero-order chi connectivity index (χ0) is 16.9. The predicted octanol–water partition coefficient (Wildman–Crippen LogP) is 3.07. The van der Waals surface area contributed by atoms with E-state index in [2.05, 4.69) is 26.1 Å². The van der Waals surface area contributed by atoms with Gasteiger partial charge in [-0.25, -0.2) is 9.97 Å². The number of nitrogens with zero attached hydrogens (tertiary/aromatic N) is 3. The quantitative estimate of drug-likeness (QED) is 0.438. The van der Waals surface area contributed by atoms with E-state index in [4.69, 9.17) is 16.9 Å². The van der Waals surface area contributed by atoms with Crippen molar-refractivity contribution in [2.75, 3.05) is 5.73 Å². The first-order valence-corrected chi connectivity index (χ1v) is 7.24. The lowest BCUT2D eigenvalue weighted by Gasteiger charge is -2.07. The molecule has 0 saturated heterocycles. The Kier molecular flexibility index (Phi) is 4.25. The molecular formula is C18H15N5O. The molecule has 24 heavy (non-hydrogen) atoms. The van der Waals surface area contributed by atoms with E-state index in [1.165, 1.54) is 6.33 Å². The van der Waals surface area contributed by atoms with Gasteiger partial charge in [-0.15, -0.1) is 6.42 Å². The summed E-state index contributed by atoms with van der Waals surface area (Å²) in [4.78, 5) is 8.11. The molecule has 6 nitrogen and oxygen atoms in total. The molecule has 0 amide bonds. The Morgan fingerprint density at radius 3 is 2.79 bits per heavy atom. The fourth-order valence-corrected chi connectivity index (χ4v) is 2.23. The van der Waals surface area contributed by atoms with Crippen LogP contribution in [-0.4, -0.2) is 20.2 Å². The number of rotatable bonds is 4. The van der Waals surface area contributed by atoms with Crippen molar-refractivity contribution in [3.05, 3.63) is 54.6 Å². The number of allylic oxidation sites excluding steroid dienone is 3. The number of hydrogen-bond donors (Lipinski definition) is 2. The molecule has 2 aromatic heterocycles. The molecule has 0 aliphatic carbocycles. The van der Waals surface area contributed by atoms with E-state index < -0.39 is 0 Å². The van der Waals surface area contributed by atoms with E-state index in [0.717, 1.165) is 11.3 Å². The number of benzene rings is 1. The number of nitrogens with two attached hydrogens (primary N) is 1. The third-order valence-corrected chi connectivity index (χ3v) is 3.39. The van der Waals surface area contributed by atoms with Crippen LogP contribution >= 0.6 is 0 Å². The van der Waals surface area contributed by atoms with Crippen LogP contribution in [0.5, 0.6) is 5.75 Å². The standard InChI is InChI=1S/C18H15N5O/c1-3-5-6-13(4-2)24-14-9-7-12(8-10-14)16-15-17(19)20-11-21-18(15)23-22-16/h1,4-11H,2H3,(H3,19,20,21,22,23)/b6-5-,13-4+. The summed E-state index contributed by atoms with van der Waals surface area (Å²) in [5.41, 5.74) is 8.15. The van der Waals surface area contributed by atoms with Crippen molar-refractivity contribution in [2.24, 2.45) is 0 Å². The van der Waals surface area contributed by atoms with E-state index >= 15 is 0 Å². The normalized spacial score (nSPS) is 11.8. The van der Waals surface area contributed by atoms with Gasteiger partial charge in [-0.3, -0.25) is 5.10 Å². The van der Waals surface area contributed by atoms with Crippen LogP contribution in [0.4, 0.5) is 5.82 Å². The van der Waals surface area contributed by atoms with Gasteiger partial charge < -0.3 is 10.5 Å². The Morgan fingerprint density at radius 2 is 2.08 bits per heavy atom. The molecule has 118 valence electrons. The van der Waals surface area contributed by atoms with E-state index in [9.17, 15) is 0 Å². The number of nitrogen functional groups attached to an aromatic ring is 1. The summed E-state index contributed by atoms with van der Waals surface area (Å²) in [6.07, 6.45) is 11.8. The Morgan fingerprint density at radius 1 is 1.29 bits per heavy atom. The highest BCUT2D eigenvalue weighted by molar-refractivity contribution is 5.97. The van der Waals surface area contributed by atoms with Gasteiger partial charge in [-0.05, 0) is 49.4 Å². The SMILES string of the molecule is C#C/C=C\C(=C/C)Oc1ccc(-c2[nH]nc3ncnc(N)c23)cc1. The van der Waals surface area contributed by atoms with Crippen molar-refractivity contribution in [3.8, 4) is 29.4 Å². The Balaban J connectivity index is 1.89. The number of H-pyrrole nitrogens is 1. The maximum Gasteiger partial charge on any atom is 0.186 e. The summed E-state index contributed by atoms with van der Waals surface area (Å²) in [6, 6.07) is 7.53. The summed E-state index contributed by atoms with van der Waals surface area (Å²) in [5, 5.41) is 7.81. The first kappa shape index (κ1) is 15.3. The summed E-state index contributed by atoms with van der Waals surface area (Å²) < 4.78 is 5.75. The number of ether oxygens (including phenoxy) is 1. The predicted molar refractivity (Wildman–Crippen MR) is 93.9 cm³/mol. The number of anilines is 1. The van der Waals surface area contributed by atoms with Gasteiger partial charge in [-0.1, -0.05) is 5.92 Å². The third kappa shape index (κ3) is 2.96. The lowest BCUT2D eigenvalue weighted by molar-refractivity contribution is 0.443. The highest BCUT2D eigenvalue weighted by Gasteiger charge is 2.12. The van der Waals surface area contributed by atoms with Gasteiger partial charge in [0.25, 0.3) is 0 Å². The van der Waals surface area contributed by atoms with Crippen LogP contribution in [0.1, 0.15) is 6.92 Å². The van der Waals surface area contributed by atoms with Gasteiger partial charge in [0.05, 0.1) is 11.1 Å². The van der Waals surface area contributed by atoms with Crippen LogP contribution in [0, 0.1) is 12.3 Å². The molecule has 2 heterocycles. The van der Waals surface area contributed by atoms with Gasteiger partial charge in [-0.2, -0.15) is 5.10 Å². The minimum Gasteiger partial charge on any atom is -0.458 e. The van der Waals surface area contributed by atoms with Crippen LogP contribution in [0.3, 0.4) is 0 Å². The maximum atomic E-state index is 5.93. The monoisotopic (exact) mass is 317 g/mol. The van der Waals surface area contributed by atoms with E-state index in [0.29, 0.717) is 28.4 Å². The number of fused-ring (bicyclic) bond motifs is 1. The minimum atomic E-state index is 0.389. The molecule has 0 fully saturated rings. The number of aromatic nitrogens is 4. The average Bonchev–Trinajstić information content (AvgIpc) is 3.04. The molecule has 0 aliphatic heterocycles. The van der Waals surface area contributed by atoms with Gasteiger partial charge in [0.1, 0.15) is 23.7 Å². The highest BCUT2D eigenvalue weighted by atomic mass is 16.5. The molecule has 0 radical (unpaired) electrons. The molecule has 0 atom stereocenters. The lowest BCUT2D eigenvalue weighted by atomic mass is 10.1. The van der Waals surface area contributed by atoms with Crippen LogP contribution < -0.4 is 10.5 Å². The number of nitrogens with one attached hydrogen (secondary N) is 1. The molecule has 6 heteroatoms. The van der Waals surface area contributed by atoms with Crippen molar-refractivity contribution in [1.29, 1.82) is 0 Å². The summed E-state index contributed by atoms with van der Waals surface area (Å²) >= 11 is 0. The van der Waals surface area contributed by atoms with Crippen molar-refractivity contribution in [1.82, 2.24) is 20.2 Å². The molecule has 3 N–H and O–H groups in total. The second kappa shape index (κ2) is 6.67. The van der Waals surface area contributed by atoms with Crippen LogP contribution in [0.25, 0.3) is 22.3 Å². The summed E-state index contributed by atoms with van der Waals surface area (Å²) in [6.45, 7) is 1.88. The van der Waals surface area contributed by atoms with E-state index in [1.807, 2.05) is 37.3 Å². The van der Waals surface area contributed by atoms with Crippen molar-refractivity contribution >= 4 is 16.9 Å². The van der Waals surface area contributed by atoms with Gasteiger partial charge in [0.15, 0.2) is 5.65 Å². The maximum absolute atomic E-state index is 5.93. The fraction of sp³-hybridized carbons (Fsp3) is 0.0556. The van der Waals surface area contributed by atoms with Crippen LogP contribution in [-0.2, 0) is 0 Å². The molecule has 0 aliphatic rings. The first-order valence-electron chi connectivity index (χ1n) is 7.24. The molecule has 3 aromatic rings. The molecule has 0 bridgehead atoms. The summed E-state index contributed by atoms with van der Waals surface area (Å²) in [5.74, 6) is 4.19. The molecule has 0 spiro atoms. The number of hydrogen-bond acceptors (Lipinski definition) is 5. The largest absolute Gasteiger partial charge is 0.458 e. The van der Waals surface area contributed by atoms with Gasteiger partial charge in [0.2, 0.25) is 0 Å². The second-order valence-electron chi connectivity index (χ2n) is 4.87. The van der Waals surface area contributed by atoms with Gasteiger partial charge in [0, 0.05) is 5.56 Å². The zero-order valence-electron chi connectivity index (χ0n) is 13.0. The molecule has 0 saturated carbocycles. The highest BCUT2D eigenvalue weighted by Crippen LogP contribution is 2.29. The van der Waals surface area contributed by atoms with E-state index in [-0.39, 0.29) is 0 Å². The fourth-order valence-electron chi connectivity index (χ4n) is 2.23. The molecule has 0 unspecified atom stereocenters. The Bertz CT molecular complexity index is 961. The second-order valence-corrected chi connectivity index (χ2v) is 4.87. The first-order chi connectivity index (χ1) is 11.7. The molecule has 1 aromatic carbocycles. The number of aromatic amines is 1. The Hall–Kier alpha value is -3.59. The van der Waals surface area contributed by atoms with Crippen molar-refractivity contribution < 1.29 is 4.74 Å². The van der Waals surface area contributed by atoms with Crippen molar-refractivity contribution in [3.63, 3.8) is 0 Å². The van der Waals surface area contributed by atoms with E-state index in [1.54, 1.807) is 12.2 Å². The summed E-state index contributed by atoms with van der Waals surface area (Å²) in [7, 11) is 0. The minimum absolute atomic E-state index is 0.389. The van der Waals surface area contributed by atoms with Crippen molar-refractivity contribution in [2.45, 2.75) is 6.92 Å². The average molecular weight is 317 g/mol. The smallest absolute Gasteiger partial charge is 0.186 e. The molecule has 3 rings (SSSR count). The Labute approximate surface area is 139 Å².